The maximum absolute atomic E-state index is 13.7. The van der Waals surface area contributed by atoms with Crippen molar-refractivity contribution in [3.05, 3.63) is 65.0 Å². The molecule has 1 aliphatic heterocycles. The van der Waals surface area contributed by atoms with Crippen LogP contribution < -0.4 is 4.74 Å². The summed E-state index contributed by atoms with van der Waals surface area (Å²) >= 11 is 0. The van der Waals surface area contributed by atoms with Gasteiger partial charge in [-0.1, -0.05) is 12.1 Å². The molecular weight excluding hydrogens is 401 g/mol. The van der Waals surface area contributed by atoms with Crippen LogP contribution in [0.1, 0.15) is 53.1 Å². The van der Waals surface area contributed by atoms with Crippen molar-refractivity contribution in [2.75, 3.05) is 20.0 Å². The van der Waals surface area contributed by atoms with Crippen molar-refractivity contribution in [2.45, 2.75) is 43.8 Å². The molecule has 1 saturated carbocycles. The zero-order valence-corrected chi connectivity index (χ0v) is 17.1. The first-order valence-corrected chi connectivity index (χ1v) is 10.4. The van der Waals surface area contributed by atoms with Gasteiger partial charge in [0.25, 0.3) is 0 Å². The first kappa shape index (κ1) is 21.4. The van der Waals surface area contributed by atoms with E-state index >= 15 is 0 Å². The Kier molecular flexibility index (Phi) is 6.92. The molecule has 162 valence electrons. The standard InChI is InChI=1S/C24H24FNO5/c25-23-11-21(10-7-19(23)12-26)31-24(27)18-3-1-16(2-4-18)17-5-8-20(9-6-17)30-15-28-13-22-14-29-22/h1-4,7,10-11,17,20,22H,5-6,8-9,13-15H2. The highest BCUT2D eigenvalue weighted by Crippen LogP contribution is 2.34. The summed E-state index contributed by atoms with van der Waals surface area (Å²) in [5.74, 6) is -0.786. The molecule has 2 fully saturated rings. The van der Waals surface area contributed by atoms with E-state index in [0.29, 0.717) is 24.9 Å². The molecule has 2 aromatic carbocycles. The van der Waals surface area contributed by atoms with E-state index in [-0.39, 0.29) is 23.5 Å². The summed E-state index contributed by atoms with van der Waals surface area (Å²) in [7, 11) is 0. The van der Waals surface area contributed by atoms with Gasteiger partial charge >= 0.3 is 5.97 Å². The van der Waals surface area contributed by atoms with Crippen LogP contribution in [-0.2, 0) is 14.2 Å². The van der Waals surface area contributed by atoms with Gasteiger partial charge in [0.2, 0.25) is 0 Å². The van der Waals surface area contributed by atoms with Crippen LogP contribution in [0.5, 0.6) is 5.75 Å². The number of epoxide rings is 1. The predicted molar refractivity (Wildman–Crippen MR) is 109 cm³/mol. The van der Waals surface area contributed by atoms with Crippen LogP contribution in [0.2, 0.25) is 0 Å². The number of carbonyl (C=O) groups excluding carboxylic acids is 1. The van der Waals surface area contributed by atoms with Crippen molar-refractivity contribution >= 4 is 5.97 Å². The minimum Gasteiger partial charge on any atom is -0.423 e. The molecule has 0 amide bonds. The Morgan fingerprint density at radius 3 is 2.52 bits per heavy atom. The fraction of sp³-hybridized carbons (Fsp3) is 0.417. The van der Waals surface area contributed by atoms with Gasteiger partial charge in [-0.25, -0.2) is 9.18 Å². The lowest BCUT2D eigenvalue weighted by atomic mass is 9.82. The quantitative estimate of drug-likeness (QED) is 0.206. The third-order valence-corrected chi connectivity index (χ3v) is 5.66. The summed E-state index contributed by atoms with van der Waals surface area (Å²) in [6.07, 6.45) is 4.46. The normalized spacial score (nSPS) is 22.5. The molecule has 0 radical (unpaired) electrons. The highest BCUT2D eigenvalue weighted by molar-refractivity contribution is 5.91. The molecule has 0 bridgehead atoms. The third-order valence-electron chi connectivity index (χ3n) is 5.66. The van der Waals surface area contributed by atoms with Gasteiger partial charge in [-0.2, -0.15) is 5.26 Å². The molecule has 0 N–H and O–H groups in total. The van der Waals surface area contributed by atoms with Crippen LogP contribution in [0.15, 0.2) is 42.5 Å². The molecule has 6 nitrogen and oxygen atoms in total. The number of carbonyl (C=O) groups is 1. The summed E-state index contributed by atoms with van der Waals surface area (Å²) in [4.78, 5) is 12.3. The van der Waals surface area contributed by atoms with Gasteiger partial charge in [0.05, 0.1) is 30.4 Å². The molecule has 7 heteroatoms. The van der Waals surface area contributed by atoms with Crippen LogP contribution in [0, 0.1) is 17.1 Å². The summed E-state index contributed by atoms with van der Waals surface area (Å²) in [6.45, 7) is 1.70. The third kappa shape index (κ3) is 5.88. The second kappa shape index (κ2) is 10.0. The minimum absolute atomic E-state index is 0.0672. The second-order valence-electron chi connectivity index (χ2n) is 7.85. The lowest BCUT2D eigenvalue weighted by molar-refractivity contribution is -0.102. The van der Waals surface area contributed by atoms with E-state index in [2.05, 4.69) is 0 Å². The van der Waals surface area contributed by atoms with Gasteiger partial charge in [0.15, 0.2) is 0 Å². The number of esters is 1. The molecule has 0 aromatic heterocycles. The molecule has 0 spiro atoms. The highest BCUT2D eigenvalue weighted by Gasteiger charge is 2.25. The zero-order chi connectivity index (χ0) is 21.6. The van der Waals surface area contributed by atoms with Crippen LogP contribution in [-0.4, -0.2) is 38.2 Å². The van der Waals surface area contributed by atoms with E-state index in [1.165, 1.54) is 17.7 Å². The maximum Gasteiger partial charge on any atom is 0.343 e. The van der Waals surface area contributed by atoms with Gasteiger partial charge in [-0.15, -0.1) is 0 Å². The van der Waals surface area contributed by atoms with Crippen molar-refractivity contribution in [3.8, 4) is 11.8 Å². The number of hydrogen-bond acceptors (Lipinski definition) is 6. The van der Waals surface area contributed by atoms with E-state index < -0.39 is 11.8 Å². The number of hydrogen-bond donors (Lipinski definition) is 0. The SMILES string of the molecule is N#Cc1ccc(OC(=O)c2ccc(C3CCC(OCOCC4CO4)CC3)cc2)cc1F. The summed E-state index contributed by atoms with van der Waals surface area (Å²) in [5.41, 5.74) is 1.48. The van der Waals surface area contributed by atoms with Crippen LogP contribution in [0.4, 0.5) is 4.39 Å². The molecule has 1 unspecified atom stereocenters. The van der Waals surface area contributed by atoms with Crippen molar-refractivity contribution in [1.29, 1.82) is 5.26 Å². The first-order valence-electron chi connectivity index (χ1n) is 10.4. The molecule has 2 aromatic rings. The van der Waals surface area contributed by atoms with Gasteiger partial charge in [-0.3, -0.25) is 0 Å². The number of nitrogens with zero attached hydrogens (tertiary/aromatic N) is 1. The minimum atomic E-state index is -0.716. The van der Waals surface area contributed by atoms with Gasteiger partial charge in [-0.05, 0) is 61.4 Å². The second-order valence-corrected chi connectivity index (χ2v) is 7.85. The van der Waals surface area contributed by atoms with E-state index in [9.17, 15) is 9.18 Å². The molecular formula is C24H24FNO5. The monoisotopic (exact) mass is 425 g/mol. The average Bonchev–Trinajstić information content (AvgIpc) is 3.62. The topological polar surface area (TPSA) is 81.1 Å². The van der Waals surface area contributed by atoms with Crippen LogP contribution in [0.3, 0.4) is 0 Å². The van der Waals surface area contributed by atoms with E-state index in [4.69, 9.17) is 24.2 Å². The fourth-order valence-electron chi connectivity index (χ4n) is 3.76. The molecule has 1 atom stereocenters. The number of benzene rings is 2. The number of nitriles is 1. The average molecular weight is 425 g/mol. The van der Waals surface area contributed by atoms with Gasteiger partial charge < -0.3 is 18.9 Å². The summed E-state index contributed by atoms with van der Waals surface area (Å²) in [6, 6.07) is 12.8. The van der Waals surface area contributed by atoms with Crippen molar-refractivity contribution < 1.29 is 28.1 Å². The number of ether oxygens (including phenoxy) is 4. The Hall–Kier alpha value is -2.79. The summed E-state index contributed by atoms with van der Waals surface area (Å²) < 4.78 is 35.2. The van der Waals surface area contributed by atoms with Crippen LogP contribution in [0.25, 0.3) is 0 Å². The van der Waals surface area contributed by atoms with Crippen molar-refractivity contribution in [2.24, 2.45) is 0 Å². The molecule has 1 saturated heterocycles. The predicted octanol–water partition coefficient (Wildman–Crippen LogP) is 4.33. The Morgan fingerprint density at radius 1 is 1.13 bits per heavy atom. The van der Waals surface area contributed by atoms with Crippen molar-refractivity contribution in [3.63, 3.8) is 0 Å². The summed E-state index contributed by atoms with van der Waals surface area (Å²) in [5, 5.41) is 8.77. The van der Waals surface area contributed by atoms with E-state index in [1.54, 1.807) is 18.2 Å². The number of rotatable bonds is 8. The lowest BCUT2D eigenvalue weighted by Gasteiger charge is -2.28. The molecule has 4 rings (SSSR count). The van der Waals surface area contributed by atoms with E-state index in [0.717, 1.165) is 38.4 Å². The van der Waals surface area contributed by atoms with Crippen molar-refractivity contribution in [1.82, 2.24) is 0 Å². The Labute approximate surface area is 180 Å². The Bertz CT molecular complexity index is 943. The largest absolute Gasteiger partial charge is 0.423 e. The molecule has 1 heterocycles. The molecule has 31 heavy (non-hydrogen) atoms. The van der Waals surface area contributed by atoms with Crippen LogP contribution >= 0.6 is 0 Å². The molecule has 1 aliphatic carbocycles. The van der Waals surface area contributed by atoms with Gasteiger partial charge in [0, 0.05) is 6.07 Å². The smallest absolute Gasteiger partial charge is 0.343 e. The van der Waals surface area contributed by atoms with Gasteiger partial charge in [0.1, 0.15) is 30.5 Å². The number of halogens is 1. The highest BCUT2D eigenvalue weighted by atomic mass is 19.1. The Morgan fingerprint density at radius 2 is 1.87 bits per heavy atom. The zero-order valence-electron chi connectivity index (χ0n) is 17.1. The lowest BCUT2D eigenvalue weighted by Crippen LogP contribution is -2.22. The first-order chi connectivity index (χ1) is 15.1. The maximum atomic E-state index is 13.7. The van der Waals surface area contributed by atoms with E-state index in [1.807, 2.05) is 12.1 Å². The fourth-order valence-corrected chi connectivity index (χ4v) is 3.76. The molecule has 2 aliphatic rings. The Balaban J connectivity index is 1.24.